The van der Waals surface area contributed by atoms with Crippen molar-refractivity contribution in [2.45, 2.75) is 13.0 Å². The lowest BCUT2D eigenvalue weighted by Crippen LogP contribution is -2.38. The highest BCUT2D eigenvalue weighted by Gasteiger charge is 2.57. The van der Waals surface area contributed by atoms with Gasteiger partial charge in [-0.25, -0.2) is 0 Å². The van der Waals surface area contributed by atoms with E-state index in [9.17, 15) is 4.79 Å². The van der Waals surface area contributed by atoms with Crippen LogP contribution in [0.1, 0.15) is 11.1 Å². The summed E-state index contributed by atoms with van der Waals surface area (Å²) in [6.45, 7) is 3.81. The molecule has 2 heterocycles. The van der Waals surface area contributed by atoms with Crippen LogP contribution in [0.2, 0.25) is 0 Å². The monoisotopic (exact) mass is 242 g/mol. The Morgan fingerprint density at radius 1 is 1.17 bits per heavy atom. The molecule has 1 aliphatic carbocycles. The van der Waals surface area contributed by atoms with Crippen molar-refractivity contribution in [3.63, 3.8) is 0 Å². The second-order valence-electron chi connectivity index (χ2n) is 5.79. The molecule has 3 atom stereocenters. The number of nitrogens with one attached hydrogen (secondary N) is 1. The van der Waals surface area contributed by atoms with Crippen LogP contribution in [0.25, 0.3) is 0 Å². The molecule has 3 aliphatic rings. The molecule has 1 saturated carbocycles. The average Bonchev–Trinajstić information content (AvgIpc) is 2.90. The number of benzene rings is 1. The van der Waals surface area contributed by atoms with Crippen molar-refractivity contribution in [3.8, 4) is 0 Å². The SMILES string of the molecule is O=C(C1[C@H]2CNC[C@@H]12)N1CCc2ccccc2C1. The zero-order chi connectivity index (χ0) is 12.1. The molecule has 1 aromatic carbocycles. The topological polar surface area (TPSA) is 32.3 Å². The highest BCUT2D eigenvalue weighted by atomic mass is 16.2. The van der Waals surface area contributed by atoms with E-state index < -0.39 is 0 Å². The number of rotatable bonds is 1. The summed E-state index contributed by atoms with van der Waals surface area (Å²) in [5.41, 5.74) is 2.75. The van der Waals surface area contributed by atoms with Crippen molar-refractivity contribution >= 4 is 5.91 Å². The maximum atomic E-state index is 12.5. The molecule has 1 N–H and O–H groups in total. The quantitative estimate of drug-likeness (QED) is 0.798. The van der Waals surface area contributed by atoms with Crippen LogP contribution in [0.4, 0.5) is 0 Å². The van der Waals surface area contributed by atoms with E-state index in [1.165, 1.54) is 11.1 Å². The van der Waals surface area contributed by atoms with E-state index in [4.69, 9.17) is 0 Å². The molecule has 94 valence electrons. The predicted octanol–water partition coefficient (Wildman–Crippen LogP) is 1.04. The maximum Gasteiger partial charge on any atom is 0.226 e. The number of nitrogens with zero attached hydrogens (tertiary/aromatic N) is 1. The molecule has 1 unspecified atom stereocenters. The van der Waals surface area contributed by atoms with Crippen molar-refractivity contribution in [3.05, 3.63) is 35.4 Å². The van der Waals surface area contributed by atoms with E-state index >= 15 is 0 Å². The molecule has 1 saturated heterocycles. The molecule has 18 heavy (non-hydrogen) atoms. The number of piperidine rings is 1. The number of carbonyl (C=O) groups is 1. The fourth-order valence-corrected chi connectivity index (χ4v) is 3.68. The lowest BCUT2D eigenvalue weighted by molar-refractivity contribution is -0.134. The van der Waals surface area contributed by atoms with Crippen LogP contribution in [-0.2, 0) is 17.8 Å². The van der Waals surface area contributed by atoms with E-state index in [1.807, 2.05) is 0 Å². The standard InChI is InChI=1S/C15H18N2O/c18-15(14-12-7-16-8-13(12)14)17-6-5-10-3-1-2-4-11(10)9-17/h1-4,12-14,16H,5-9H2/t12-,13+,14?. The summed E-state index contributed by atoms with van der Waals surface area (Å²) in [5.74, 6) is 2.00. The Morgan fingerprint density at radius 3 is 2.67 bits per heavy atom. The fraction of sp³-hybridized carbons (Fsp3) is 0.533. The number of fused-ring (bicyclic) bond motifs is 2. The van der Waals surface area contributed by atoms with Crippen molar-refractivity contribution in [2.24, 2.45) is 17.8 Å². The third-order valence-electron chi connectivity index (χ3n) is 4.82. The molecule has 0 spiro atoms. The first kappa shape index (κ1) is 10.6. The molecule has 4 rings (SSSR count). The first-order valence-corrected chi connectivity index (χ1v) is 6.91. The molecule has 0 bridgehead atoms. The molecule has 2 aliphatic heterocycles. The van der Waals surface area contributed by atoms with Gasteiger partial charge < -0.3 is 10.2 Å². The van der Waals surface area contributed by atoms with Crippen molar-refractivity contribution < 1.29 is 4.79 Å². The van der Waals surface area contributed by atoms with Gasteiger partial charge in [0, 0.05) is 19.0 Å². The first-order chi connectivity index (χ1) is 8.84. The maximum absolute atomic E-state index is 12.5. The highest BCUT2D eigenvalue weighted by Crippen LogP contribution is 2.49. The second-order valence-corrected chi connectivity index (χ2v) is 5.79. The van der Waals surface area contributed by atoms with Gasteiger partial charge in [-0.3, -0.25) is 4.79 Å². The average molecular weight is 242 g/mol. The zero-order valence-corrected chi connectivity index (χ0v) is 10.4. The Labute approximate surface area is 107 Å². The third kappa shape index (κ3) is 1.50. The molecule has 1 amide bonds. The van der Waals surface area contributed by atoms with E-state index in [2.05, 4.69) is 34.5 Å². The van der Waals surface area contributed by atoms with E-state index in [1.54, 1.807) is 0 Å². The van der Waals surface area contributed by atoms with Crippen molar-refractivity contribution in [1.82, 2.24) is 10.2 Å². The van der Waals surface area contributed by atoms with Gasteiger partial charge in [0.1, 0.15) is 0 Å². The van der Waals surface area contributed by atoms with Gasteiger partial charge in [0.05, 0.1) is 0 Å². The first-order valence-electron chi connectivity index (χ1n) is 6.91. The summed E-state index contributed by atoms with van der Waals surface area (Å²) in [7, 11) is 0. The minimum atomic E-state index is 0.330. The van der Waals surface area contributed by atoms with Crippen LogP contribution in [0.5, 0.6) is 0 Å². The largest absolute Gasteiger partial charge is 0.338 e. The Morgan fingerprint density at radius 2 is 1.89 bits per heavy atom. The molecule has 1 aromatic rings. The Bertz CT molecular complexity index is 489. The zero-order valence-electron chi connectivity index (χ0n) is 10.4. The summed E-state index contributed by atoms with van der Waals surface area (Å²) in [6.07, 6.45) is 1.02. The fourth-order valence-electron chi connectivity index (χ4n) is 3.68. The molecule has 3 nitrogen and oxygen atoms in total. The van der Waals surface area contributed by atoms with E-state index in [0.29, 0.717) is 23.7 Å². The van der Waals surface area contributed by atoms with Crippen LogP contribution in [0, 0.1) is 17.8 Å². The number of carbonyl (C=O) groups excluding carboxylic acids is 1. The molecular weight excluding hydrogens is 224 g/mol. The van der Waals surface area contributed by atoms with Gasteiger partial charge in [-0.05, 0) is 42.5 Å². The van der Waals surface area contributed by atoms with Gasteiger partial charge in [0.15, 0.2) is 0 Å². The summed E-state index contributed by atoms with van der Waals surface area (Å²) < 4.78 is 0. The van der Waals surface area contributed by atoms with Crippen LogP contribution in [0.3, 0.4) is 0 Å². The van der Waals surface area contributed by atoms with Crippen molar-refractivity contribution in [2.75, 3.05) is 19.6 Å². The number of hydrogen-bond acceptors (Lipinski definition) is 2. The number of amides is 1. The molecule has 3 heteroatoms. The summed E-state index contributed by atoms with van der Waals surface area (Å²) in [4.78, 5) is 14.6. The van der Waals surface area contributed by atoms with Gasteiger partial charge in [-0.2, -0.15) is 0 Å². The summed E-state index contributed by atoms with van der Waals surface area (Å²) in [5, 5.41) is 3.35. The minimum absolute atomic E-state index is 0.330. The highest BCUT2D eigenvalue weighted by molar-refractivity contribution is 5.83. The lowest BCUT2D eigenvalue weighted by Gasteiger charge is -2.29. The van der Waals surface area contributed by atoms with Crippen LogP contribution in [-0.4, -0.2) is 30.4 Å². The molecule has 0 radical (unpaired) electrons. The Hall–Kier alpha value is -1.35. The predicted molar refractivity (Wildman–Crippen MR) is 68.9 cm³/mol. The van der Waals surface area contributed by atoms with Gasteiger partial charge in [-0.15, -0.1) is 0 Å². The van der Waals surface area contributed by atoms with Gasteiger partial charge in [-0.1, -0.05) is 24.3 Å². The third-order valence-corrected chi connectivity index (χ3v) is 4.82. The van der Waals surface area contributed by atoms with Crippen LogP contribution in [0.15, 0.2) is 24.3 Å². The van der Waals surface area contributed by atoms with Gasteiger partial charge in [0.25, 0.3) is 0 Å². The summed E-state index contributed by atoms with van der Waals surface area (Å²) in [6, 6.07) is 8.51. The van der Waals surface area contributed by atoms with Crippen molar-refractivity contribution in [1.29, 1.82) is 0 Å². The Kier molecular flexibility index (Phi) is 2.24. The summed E-state index contributed by atoms with van der Waals surface area (Å²) >= 11 is 0. The lowest BCUT2D eigenvalue weighted by atomic mass is 9.99. The number of hydrogen-bond donors (Lipinski definition) is 1. The molecule has 2 fully saturated rings. The van der Waals surface area contributed by atoms with Crippen LogP contribution >= 0.6 is 0 Å². The molecular formula is C15H18N2O. The normalized spacial score (nSPS) is 32.9. The second kappa shape index (κ2) is 3.82. The van der Waals surface area contributed by atoms with E-state index in [-0.39, 0.29) is 0 Å². The Balaban J connectivity index is 1.49. The van der Waals surface area contributed by atoms with Gasteiger partial charge >= 0.3 is 0 Å². The van der Waals surface area contributed by atoms with Gasteiger partial charge in [0.2, 0.25) is 5.91 Å². The smallest absolute Gasteiger partial charge is 0.226 e. The minimum Gasteiger partial charge on any atom is -0.338 e. The van der Waals surface area contributed by atoms with Crippen LogP contribution < -0.4 is 5.32 Å². The van der Waals surface area contributed by atoms with E-state index in [0.717, 1.165) is 32.6 Å². The molecule has 0 aromatic heterocycles.